The van der Waals surface area contributed by atoms with Gasteiger partial charge in [0.05, 0.1) is 28.4 Å². The monoisotopic (exact) mass is 447 g/mol. The van der Waals surface area contributed by atoms with Crippen molar-refractivity contribution in [1.82, 2.24) is 4.98 Å². The molecule has 0 spiro atoms. The van der Waals surface area contributed by atoms with Gasteiger partial charge in [0.25, 0.3) is 11.8 Å². The lowest BCUT2D eigenvalue weighted by Crippen LogP contribution is -2.20. The Hall–Kier alpha value is -3.56. The number of halogens is 3. The third-order valence-electron chi connectivity index (χ3n) is 3.98. The molecular weight excluding hydrogens is 432 g/mol. The predicted octanol–water partition coefficient (Wildman–Crippen LogP) is 3.89. The number of aliphatic hydroxyl groups is 1. The number of aliphatic hydroxyl groups excluding tert-OH is 1. The number of nitrogens with zero attached hydrogens (tertiary/aromatic N) is 1. The van der Waals surface area contributed by atoms with Crippen molar-refractivity contribution >= 4 is 34.9 Å². The molecule has 0 fully saturated rings. The average molecular weight is 448 g/mol. The number of hydrogen-bond donors (Lipinski definition) is 3. The van der Waals surface area contributed by atoms with E-state index in [4.69, 9.17) is 21.4 Å². The first-order chi connectivity index (χ1) is 14.9. The van der Waals surface area contributed by atoms with Gasteiger partial charge >= 0.3 is 0 Å². The highest BCUT2D eigenvalue weighted by Gasteiger charge is 2.19. The van der Waals surface area contributed by atoms with Crippen LogP contribution in [0.2, 0.25) is 5.02 Å². The predicted molar refractivity (Wildman–Crippen MR) is 111 cm³/mol. The third kappa shape index (κ3) is 5.74. The number of nitrogens with one attached hydrogen (secondary N) is 2. The van der Waals surface area contributed by atoms with E-state index >= 15 is 0 Å². The Morgan fingerprint density at radius 2 is 1.68 bits per heavy atom. The lowest BCUT2D eigenvalue weighted by atomic mass is 10.1. The van der Waals surface area contributed by atoms with Crippen molar-refractivity contribution in [2.75, 3.05) is 23.8 Å². The molecule has 2 amide bonds. The van der Waals surface area contributed by atoms with Gasteiger partial charge in [-0.2, -0.15) is 0 Å². The second-order valence-electron chi connectivity index (χ2n) is 6.17. The number of anilines is 2. The number of rotatable bonds is 7. The van der Waals surface area contributed by atoms with Crippen molar-refractivity contribution < 1.29 is 28.2 Å². The number of pyridine rings is 1. The maximum Gasteiger partial charge on any atom is 0.259 e. The number of hydrogen-bond acceptors (Lipinski definition) is 5. The van der Waals surface area contributed by atoms with E-state index in [1.165, 1.54) is 30.5 Å². The van der Waals surface area contributed by atoms with E-state index in [-0.39, 0.29) is 41.6 Å². The summed E-state index contributed by atoms with van der Waals surface area (Å²) < 4.78 is 32.5. The number of carbonyl (C=O) groups is 2. The first-order valence-corrected chi connectivity index (χ1v) is 9.32. The van der Waals surface area contributed by atoms with E-state index in [9.17, 15) is 18.4 Å². The van der Waals surface area contributed by atoms with Crippen LogP contribution in [-0.2, 0) is 0 Å². The summed E-state index contributed by atoms with van der Waals surface area (Å²) in [5.74, 6) is -2.69. The smallest absolute Gasteiger partial charge is 0.259 e. The van der Waals surface area contributed by atoms with E-state index in [0.717, 1.165) is 24.3 Å². The molecule has 0 bridgehead atoms. The fraction of sp³-hybridized carbons (Fsp3) is 0.0952. The largest absolute Gasteiger partial charge is 0.490 e. The van der Waals surface area contributed by atoms with Gasteiger partial charge in [0.2, 0.25) is 0 Å². The lowest BCUT2D eigenvalue weighted by Gasteiger charge is -2.14. The number of benzene rings is 2. The molecule has 0 aliphatic carbocycles. The molecule has 0 unspecified atom stereocenters. The van der Waals surface area contributed by atoms with E-state index in [2.05, 4.69) is 15.6 Å². The van der Waals surface area contributed by atoms with Crippen LogP contribution >= 0.6 is 11.6 Å². The van der Waals surface area contributed by atoms with Gasteiger partial charge in [0.15, 0.2) is 0 Å². The Balaban J connectivity index is 1.86. The third-order valence-corrected chi connectivity index (χ3v) is 4.20. The zero-order valence-electron chi connectivity index (χ0n) is 15.9. The van der Waals surface area contributed by atoms with Crippen LogP contribution in [0.25, 0.3) is 0 Å². The molecule has 31 heavy (non-hydrogen) atoms. The molecule has 3 rings (SSSR count). The van der Waals surface area contributed by atoms with Gasteiger partial charge in [0.1, 0.15) is 29.8 Å². The highest BCUT2D eigenvalue weighted by atomic mass is 35.5. The van der Waals surface area contributed by atoms with Crippen LogP contribution < -0.4 is 15.4 Å². The molecule has 0 saturated heterocycles. The summed E-state index contributed by atoms with van der Waals surface area (Å²) in [6, 6.07) is 9.46. The normalized spacial score (nSPS) is 10.5. The zero-order chi connectivity index (χ0) is 22.4. The summed E-state index contributed by atoms with van der Waals surface area (Å²) in [5, 5.41) is 14.3. The molecule has 10 heteroatoms. The van der Waals surface area contributed by atoms with Crippen LogP contribution in [-0.4, -0.2) is 35.1 Å². The molecule has 0 radical (unpaired) electrons. The van der Waals surface area contributed by atoms with Gasteiger partial charge in [0, 0.05) is 12.3 Å². The Morgan fingerprint density at radius 1 is 0.968 bits per heavy atom. The topological polar surface area (TPSA) is 101 Å². The van der Waals surface area contributed by atoms with Crippen LogP contribution in [0, 0.1) is 11.6 Å². The highest BCUT2D eigenvalue weighted by molar-refractivity contribution is 6.30. The van der Waals surface area contributed by atoms with Crippen LogP contribution in [0.3, 0.4) is 0 Å². The molecule has 0 aliphatic rings. The first kappa shape index (κ1) is 22.1. The van der Waals surface area contributed by atoms with Crippen molar-refractivity contribution in [3.63, 3.8) is 0 Å². The molecule has 7 nitrogen and oxygen atoms in total. The molecule has 3 aromatic rings. The minimum absolute atomic E-state index is 0.00953. The van der Waals surface area contributed by atoms with E-state index in [1.807, 2.05) is 0 Å². The molecule has 2 aromatic carbocycles. The van der Waals surface area contributed by atoms with Crippen molar-refractivity contribution in [2.45, 2.75) is 0 Å². The van der Waals surface area contributed by atoms with E-state index in [0.29, 0.717) is 5.02 Å². The first-order valence-electron chi connectivity index (χ1n) is 8.94. The SMILES string of the molecule is O=C(Nc1ccc(Cl)cn1)c1cc(F)ccc1NC(=O)c1ccc(F)cc1OCCO. The second kappa shape index (κ2) is 9.96. The standard InChI is InChI=1S/C21H16ClF2N3O4/c22-12-1-6-19(25-11-12)27-21(30)16-9-13(23)3-5-17(16)26-20(29)15-4-2-14(24)10-18(15)31-8-7-28/h1-6,9-11,28H,7-8H2,(H,26,29)(H,25,27,30). The van der Waals surface area contributed by atoms with Gasteiger partial charge < -0.3 is 20.5 Å². The molecular formula is C21H16ClF2N3O4. The molecule has 3 N–H and O–H groups in total. The molecule has 160 valence electrons. The lowest BCUT2D eigenvalue weighted by molar-refractivity contribution is 0.102. The Kier molecular flexibility index (Phi) is 7.11. The minimum Gasteiger partial charge on any atom is -0.490 e. The summed E-state index contributed by atoms with van der Waals surface area (Å²) in [6.45, 7) is -0.485. The number of amides is 2. The van der Waals surface area contributed by atoms with Crippen molar-refractivity contribution in [1.29, 1.82) is 0 Å². The Labute approximate surface area is 180 Å². The average Bonchev–Trinajstić information content (AvgIpc) is 2.75. The van der Waals surface area contributed by atoms with Gasteiger partial charge in [-0.25, -0.2) is 13.8 Å². The van der Waals surface area contributed by atoms with E-state index in [1.54, 1.807) is 0 Å². The van der Waals surface area contributed by atoms with Gasteiger partial charge in [-0.3, -0.25) is 9.59 Å². The number of aromatic nitrogens is 1. The van der Waals surface area contributed by atoms with Crippen molar-refractivity contribution in [2.24, 2.45) is 0 Å². The number of ether oxygens (including phenoxy) is 1. The van der Waals surface area contributed by atoms with Crippen LogP contribution in [0.1, 0.15) is 20.7 Å². The Bertz CT molecular complexity index is 1110. The van der Waals surface area contributed by atoms with Crippen LogP contribution in [0.5, 0.6) is 5.75 Å². The molecule has 0 atom stereocenters. The summed E-state index contributed by atoms with van der Waals surface area (Å²) in [7, 11) is 0. The quantitative estimate of drug-likeness (QED) is 0.510. The van der Waals surface area contributed by atoms with E-state index < -0.39 is 23.4 Å². The molecule has 0 aliphatic heterocycles. The highest BCUT2D eigenvalue weighted by Crippen LogP contribution is 2.24. The summed E-state index contributed by atoms with van der Waals surface area (Å²) in [4.78, 5) is 29.3. The van der Waals surface area contributed by atoms with Crippen LogP contribution in [0.15, 0.2) is 54.7 Å². The fourth-order valence-corrected chi connectivity index (χ4v) is 2.71. The van der Waals surface area contributed by atoms with Crippen molar-refractivity contribution in [3.05, 3.63) is 82.5 Å². The number of carbonyl (C=O) groups excluding carboxylic acids is 2. The second-order valence-corrected chi connectivity index (χ2v) is 6.61. The maximum absolute atomic E-state index is 13.8. The zero-order valence-corrected chi connectivity index (χ0v) is 16.6. The maximum atomic E-state index is 13.8. The summed E-state index contributed by atoms with van der Waals surface area (Å²) >= 11 is 5.76. The molecule has 1 heterocycles. The van der Waals surface area contributed by atoms with Crippen molar-refractivity contribution in [3.8, 4) is 5.75 Å². The van der Waals surface area contributed by atoms with Crippen LogP contribution in [0.4, 0.5) is 20.3 Å². The van der Waals surface area contributed by atoms with Gasteiger partial charge in [-0.05, 0) is 42.5 Å². The minimum atomic E-state index is -0.724. The molecule has 0 saturated carbocycles. The fourth-order valence-electron chi connectivity index (χ4n) is 2.60. The molecule has 1 aromatic heterocycles. The summed E-state index contributed by atoms with van der Waals surface area (Å²) in [6.07, 6.45) is 1.33. The van der Waals surface area contributed by atoms with Gasteiger partial charge in [-0.15, -0.1) is 0 Å². The summed E-state index contributed by atoms with van der Waals surface area (Å²) in [5.41, 5.74) is -0.190. The Morgan fingerprint density at radius 3 is 2.39 bits per heavy atom. The van der Waals surface area contributed by atoms with Gasteiger partial charge in [-0.1, -0.05) is 11.6 Å².